The molecule has 0 aliphatic heterocycles. The quantitative estimate of drug-likeness (QED) is 0.435. The maximum atomic E-state index is 2.25. The van der Waals surface area contributed by atoms with E-state index >= 15 is 0 Å². The second-order valence-electron chi connectivity index (χ2n) is 7.74. The van der Waals surface area contributed by atoms with Gasteiger partial charge in [0.2, 0.25) is 0 Å². The summed E-state index contributed by atoms with van der Waals surface area (Å²) in [5, 5.41) is 0. The fourth-order valence-electron chi connectivity index (χ4n) is 2.70. The SMILES string of the molecule is C[c-]1cccc1C(C)(C)C.C[c-]1cccc1C(C)(C)C.[Mg+2]. The molecule has 0 aromatic heterocycles. The van der Waals surface area contributed by atoms with Gasteiger partial charge >= 0.3 is 23.1 Å². The molecule has 112 valence electrons. The van der Waals surface area contributed by atoms with Crippen LogP contribution in [0, 0.1) is 13.8 Å². The molecular formula is C20H30Mg. The summed E-state index contributed by atoms with van der Waals surface area (Å²) in [6.45, 7) is 17.8. The molecule has 0 aliphatic rings. The zero-order valence-corrected chi connectivity index (χ0v) is 16.6. The van der Waals surface area contributed by atoms with Gasteiger partial charge in [-0.3, -0.25) is 0 Å². The van der Waals surface area contributed by atoms with Crippen molar-refractivity contribution in [3.05, 3.63) is 58.7 Å². The minimum absolute atomic E-state index is 0. The topological polar surface area (TPSA) is 0 Å². The summed E-state index contributed by atoms with van der Waals surface area (Å²) in [5.74, 6) is 0. The van der Waals surface area contributed by atoms with Crippen molar-refractivity contribution in [2.24, 2.45) is 0 Å². The summed E-state index contributed by atoms with van der Waals surface area (Å²) in [7, 11) is 0. The van der Waals surface area contributed by atoms with Gasteiger partial charge in [-0.2, -0.15) is 34.4 Å². The van der Waals surface area contributed by atoms with Gasteiger partial charge in [0.1, 0.15) is 0 Å². The molecule has 0 heterocycles. The van der Waals surface area contributed by atoms with E-state index in [2.05, 4.69) is 91.8 Å². The van der Waals surface area contributed by atoms with E-state index in [0.29, 0.717) is 10.8 Å². The van der Waals surface area contributed by atoms with Gasteiger partial charge in [0.15, 0.2) is 0 Å². The maximum absolute atomic E-state index is 2.25. The molecule has 0 fully saturated rings. The van der Waals surface area contributed by atoms with Crippen LogP contribution in [0.25, 0.3) is 0 Å². The van der Waals surface area contributed by atoms with Crippen molar-refractivity contribution in [2.75, 3.05) is 0 Å². The first-order valence-corrected chi connectivity index (χ1v) is 7.49. The Hall–Kier alpha value is -0.534. The largest absolute Gasteiger partial charge is 2.00 e. The molecule has 0 bridgehead atoms. The third-order valence-corrected chi connectivity index (χ3v) is 3.68. The number of rotatable bonds is 0. The molecule has 0 aliphatic carbocycles. The Morgan fingerprint density at radius 1 is 0.667 bits per heavy atom. The second kappa shape index (κ2) is 7.65. The van der Waals surface area contributed by atoms with E-state index < -0.39 is 0 Å². The van der Waals surface area contributed by atoms with Crippen molar-refractivity contribution in [3.8, 4) is 0 Å². The number of aryl methyl sites for hydroxylation is 2. The molecule has 0 saturated heterocycles. The Bertz CT molecular complexity index is 476. The Balaban J connectivity index is 0.000000364. The van der Waals surface area contributed by atoms with Gasteiger partial charge in [-0.05, 0) is 10.8 Å². The van der Waals surface area contributed by atoms with Gasteiger partial charge in [-0.1, -0.05) is 55.4 Å². The van der Waals surface area contributed by atoms with Crippen LogP contribution in [0.3, 0.4) is 0 Å². The molecule has 21 heavy (non-hydrogen) atoms. The van der Waals surface area contributed by atoms with Crippen LogP contribution in [-0.4, -0.2) is 23.1 Å². The standard InChI is InChI=1S/2C10H15.Mg/c2*1-8-6-5-7-9(8)10(2,3)4;/h2*5-7H,1-4H3;/q2*-1;+2. The van der Waals surface area contributed by atoms with Crippen molar-refractivity contribution in [3.63, 3.8) is 0 Å². The number of hydrogen-bond donors (Lipinski definition) is 0. The summed E-state index contributed by atoms with van der Waals surface area (Å²) in [6, 6.07) is 13.0. The first kappa shape index (κ1) is 20.5. The Labute approximate surface area is 147 Å². The summed E-state index contributed by atoms with van der Waals surface area (Å²) < 4.78 is 0. The van der Waals surface area contributed by atoms with Crippen LogP contribution < -0.4 is 0 Å². The summed E-state index contributed by atoms with van der Waals surface area (Å²) in [6.07, 6.45) is 0. The van der Waals surface area contributed by atoms with Crippen molar-refractivity contribution < 1.29 is 0 Å². The molecule has 0 unspecified atom stereocenters. The third-order valence-electron chi connectivity index (χ3n) is 3.68. The molecule has 0 N–H and O–H groups in total. The third kappa shape index (κ3) is 6.00. The maximum Gasteiger partial charge on any atom is 2.00 e. The van der Waals surface area contributed by atoms with Crippen LogP contribution in [0.5, 0.6) is 0 Å². The van der Waals surface area contributed by atoms with Gasteiger partial charge < -0.3 is 0 Å². The average molecular weight is 295 g/mol. The van der Waals surface area contributed by atoms with Crippen LogP contribution in [0.1, 0.15) is 63.8 Å². The van der Waals surface area contributed by atoms with E-state index in [1.807, 2.05) is 0 Å². The van der Waals surface area contributed by atoms with E-state index in [0.717, 1.165) is 0 Å². The average Bonchev–Trinajstić information content (AvgIpc) is 2.85. The van der Waals surface area contributed by atoms with Crippen molar-refractivity contribution in [1.82, 2.24) is 0 Å². The summed E-state index contributed by atoms with van der Waals surface area (Å²) in [5.41, 5.74) is 6.38. The smallest absolute Gasteiger partial charge is 0.213 e. The molecule has 1 heteroatoms. The van der Waals surface area contributed by atoms with Gasteiger partial charge in [-0.25, -0.2) is 24.3 Å². The minimum Gasteiger partial charge on any atom is -0.213 e. The van der Waals surface area contributed by atoms with Gasteiger partial charge in [0.05, 0.1) is 0 Å². The summed E-state index contributed by atoms with van der Waals surface area (Å²) in [4.78, 5) is 0. The second-order valence-corrected chi connectivity index (χ2v) is 7.74. The van der Waals surface area contributed by atoms with Gasteiger partial charge in [0.25, 0.3) is 0 Å². The van der Waals surface area contributed by atoms with Crippen molar-refractivity contribution >= 4 is 23.1 Å². The van der Waals surface area contributed by atoms with E-state index in [-0.39, 0.29) is 23.1 Å². The molecule has 0 amide bonds. The van der Waals surface area contributed by atoms with Crippen LogP contribution >= 0.6 is 0 Å². The van der Waals surface area contributed by atoms with E-state index in [4.69, 9.17) is 0 Å². The summed E-state index contributed by atoms with van der Waals surface area (Å²) >= 11 is 0. The van der Waals surface area contributed by atoms with Crippen LogP contribution in [0.4, 0.5) is 0 Å². The first-order chi connectivity index (χ1) is 9.03. The Morgan fingerprint density at radius 3 is 1.05 bits per heavy atom. The molecule has 0 nitrogen and oxygen atoms in total. The Morgan fingerprint density at radius 2 is 0.952 bits per heavy atom. The first-order valence-electron chi connectivity index (χ1n) is 7.49. The van der Waals surface area contributed by atoms with Crippen LogP contribution in [0.2, 0.25) is 0 Å². The fourth-order valence-corrected chi connectivity index (χ4v) is 2.70. The predicted molar refractivity (Wildman–Crippen MR) is 96.7 cm³/mol. The van der Waals surface area contributed by atoms with E-state index in [1.165, 1.54) is 22.3 Å². The van der Waals surface area contributed by atoms with E-state index in [1.54, 1.807) is 0 Å². The molecule has 2 rings (SSSR count). The Kier molecular flexibility index (Phi) is 7.45. The normalized spacial score (nSPS) is 11.4. The molecule has 2 aromatic rings. The van der Waals surface area contributed by atoms with Gasteiger partial charge in [-0.15, -0.1) is 0 Å². The van der Waals surface area contributed by atoms with Gasteiger partial charge in [0, 0.05) is 0 Å². The zero-order chi connectivity index (χ0) is 15.6. The molecule has 2 aromatic carbocycles. The molecule has 0 saturated carbocycles. The minimum atomic E-state index is 0. The zero-order valence-electron chi connectivity index (χ0n) is 15.2. The van der Waals surface area contributed by atoms with Crippen LogP contribution in [-0.2, 0) is 10.8 Å². The molecule has 0 atom stereocenters. The molecule has 0 spiro atoms. The van der Waals surface area contributed by atoms with E-state index in [9.17, 15) is 0 Å². The van der Waals surface area contributed by atoms with Crippen LogP contribution in [0.15, 0.2) is 36.4 Å². The fraction of sp³-hybridized carbons (Fsp3) is 0.500. The monoisotopic (exact) mass is 294 g/mol. The molecular weight excluding hydrogens is 265 g/mol. The van der Waals surface area contributed by atoms with Crippen molar-refractivity contribution in [1.29, 1.82) is 0 Å². The number of hydrogen-bond acceptors (Lipinski definition) is 0. The predicted octanol–water partition coefficient (Wildman–Crippen LogP) is 5.64. The van der Waals surface area contributed by atoms with Crippen molar-refractivity contribution in [2.45, 2.75) is 66.2 Å². The molecule has 0 radical (unpaired) electrons.